The van der Waals surface area contributed by atoms with E-state index in [1.165, 1.54) is 30.5 Å². The predicted octanol–water partition coefficient (Wildman–Crippen LogP) is 3.50. The van der Waals surface area contributed by atoms with Crippen molar-refractivity contribution in [3.8, 4) is 0 Å². The molecule has 1 unspecified atom stereocenters. The molecule has 1 nitrogen and oxygen atoms in total. The molecule has 14 heavy (non-hydrogen) atoms. The van der Waals surface area contributed by atoms with Crippen LogP contribution in [0.2, 0.25) is 0 Å². The molecule has 1 atom stereocenters. The molecule has 1 aliphatic rings. The smallest absolute Gasteiger partial charge is 0.0443 e. The Morgan fingerprint density at radius 3 is 2.93 bits per heavy atom. The summed E-state index contributed by atoms with van der Waals surface area (Å²) in [5.74, 6) is 0.886. The van der Waals surface area contributed by atoms with Crippen molar-refractivity contribution >= 4 is 15.9 Å². The molecule has 2 heteroatoms. The van der Waals surface area contributed by atoms with Gasteiger partial charge < -0.3 is 0 Å². The standard InChI is InChI=1S/C12H16BrN/c1-9-4-3-7-14-12(9)8-11(13)10-5-2-6-10/h3-4,7,10-11H,2,5-6,8H2,1H3. The van der Waals surface area contributed by atoms with Crippen LogP contribution in [0.1, 0.15) is 30.5 Å². The quantitative estimate of drug-likeness (QED) is 0.752. The van der Waals surface area contributed by atoms with Crippen molar-refractivity contribution in [3.63, 3.8) is 0 Å². The van der Waals surface area contributed by atoms with E-state index in [4.69, 9.17) is 0 Å². The van der Waals surface area contributed by atoms with Crippen LogP contribution in [0.3, 0.4) is 0 Å². The van der Waals surface area contributed by atoms with Gasteiger partial charge in [-0.1, -0.05) is 28.4 Å². The Balaban J connectivity index is 1.99. The number of hydrogen-bond acceptors (Lipinski definition) is 1. The number of alkyl halides is 1. The van der Waals surface area contributed by atoms with Gasteiger partial charge in [0.2, 0.25) is 0 Å². The zero-order chi connectivity index (χ0) is 9.97. The van der Waals surface area contributed by atoms with Gasteiger partial charge in [0.1, 0.15) is 0 Å². The number of rotatable bonds is 3. The van der Waals surface area contributed by atoms with Crippen molar-refractivity contribution in [1.29, 1.82) is 0 Å². The summed E-state index contributed by atoms with van der Waals surface area (Å²) in [6.45, 7) is 2.14. The first-order valence-corrected chi connectivity index (χ1v) is 6.23. The maximum absolute atomic E-state index is 4.43. The molecular formula is C12H16BrN. The van der Waals surface area contributed by atoms with Gasteiger partial charge in [-0.2, -0.15) is 0 Å². The SMILES string of the molecule is Cc1cccnc1CC(Br)C1CCC1. The van der Waals surface area contributed by atoms with Crippen LogP contribution >= 0.6 is 15.9 Å². The Morgan fingerprint density at radius 2 is 2.36 bits per heavy atom. The molecule has 0 bridgehead atoms. The van der Waals surface area contributed by atoms with Gasteiger partial charge in [-0.05, 0) is 37.3 Å². The van der Waals surface area contributed by atoms with Crippen LogP contribution in [0.15, 0.2) is 18.3 Å². The minimum absolute atomic E-state index is 0.629. The van der Waals surface area contributed by atoms with Gasteiger partial charge in [0.05, 0.1) is 0 Å². The zero-order valence-electron chi connectivity index (χ0n) is 8.54. The lowest BCUT2D eigenvalue weighted by Crippen LogP contribution is -2.24. The van der Waals surface area contributed by atoms with E-state index >= 15 is 0 Å². The lowest BCUT2D eigenvalue weighted by atomic mass is 9.81. The zero-order valence-corrected chi connectivity index (χ0v) is 10.1. The van der Waals surface area contributed by atoms with Crippen LogP contribution in [0.25, 0.3) is 0 Å². The maximum Gasteiger partial charge on any atom is 0.0443 e. The summed E-state index contributed by atoms with van der Waals surface area (Å²) in [6.07, 6.45) is 7.16. The molecule has 0 aromatic carbocycles. The van der Waals surface area contributed by atoms with E-state index in [0.717, 1.165) is 12.3 Å². The normalized spacial score (nSPS) is 19.0. The molecule has 0 spiro atoms. The summed E-state index contributed by atoms with van der Waals surface area (Å²) >= 11 is 3.79. The lowest BCUT2D eigenvalue weighted by molar-refractivity contribution is 0.308. The Morgan fingerprint density at radius 1 is 1.57 bits per heavy atom. The van der Waals surface area contributed by atoms with Crippen molar-refractivity contribution in [2.24, 2.45) is 5.92 Å². The highest BCUT2D eigenvalue weighted by Crippen LogP contribution is 2.34. The predicted molar refractivity (Wildman–Crippen MR) is 62.7 cm³/mol. The Kier molecular flexibility index (Phi) is 3.22. The molecule has 0 saturated heterocycles. The lowest BCUT2D eigenvalue weighted by Gasteiger charge is -2.30. The highest BCUT2D eigenvalue weighted by Gasteiger charge is 2.25. The Labute approximate surface area is 94.1 Å². The fourth-order valence-electron chi connectivity index (χ4n) is 1.88. The molecule has 0 radical (unpaired) electrons. The van der Waals surface area contributed by atoms with E-state index in [1.807, 2.05) is 12.3 Å². The van der Waals surface area contributed by atoms with Crippen LogP contribution in [0.4, 0.5) is 0 Å². The Hall–Kier alpha value is -0.370. The van der Waals surface area contributed by atoms with E-state index in [1.54, 1.807) is 0 Å². The summed E-state index contributed by atoms with van der Waals surface area (Å²) in [5.41, 5.74) is 2.57. The third-order valence-electron chi connectivity index (χ3n) is 3.17. The van der Waals surface area contributed by atoms with Crippen molar-refractivity contribution in [1.82, 2.24) is 4.98 Å². The first-order valence-electron chi connectivity index (χ1n) is 5.32. The minimum atomic E-state index is 0.629. The summed E-state index contributed by atoms with van der Waals surface area (Å²) < 4.78 is 0. The molecule has 0 N–H and O–H groups in total. The second-order valence-corrected chi connectivity index (χ2v) is 5.35. The molecule has 2 rings (SSSR count). The summed E-state index contributed by atoms with van der Waals surface area (Å²) in [4.78, 5) is 5.06. The van der Waals surface area contributed by atoms with Gasteiger partial charge in [0, 0.05) is 23.1 Å². The average molecular weight is 254 g/mol. The minimum Gasteiger partial charge on any atom is -0.261 e. The maximum atomic E-state index is 4.43. The third kappa shape index (κ3) is 2.17. The fourth-order valence-corrected chi connectivity index (χ4v) is 2.72. The molecule has 1 fully saturated rings. The highest BCUT2D eigenvalue weighted by atomic mass is 79.9. The van der Waals surface area contributed by atoms with Gasteiger partial charge in [-0.3, -0.25) is 4.98 Å². The van der Waals surface area contributed by atoms with Crippen molar-refractivity contribution in [3.05, 3.63) is 29.6 Å². The molecular weight excluding hydrogens is 238 g/mol. The second kappa shape index (κ2) is 4.43. The molecule has 0 amide bonds. The van der Waals surface area contributed by atoms with E-state index in [2.05, 4.69) is 33.9 Å². The van der Waals surface area contributed by atoms with Crippen LogP contribution in [0.5, 0.6) is 0 Å². The molecule has 1 heterocycles. The van der Waals surface area contributed by atoms with Gasteiger partial charge in [0.25, 0.3) is 0 Å². The number of hydrogen-bond donors (Lipinski definition) is 0. The molecule has 1 aromatic rings. The van der Waals surface area contributed by atoms with Gasteiger partial charge in [-0.25, -0.2) is 0 Å². The summed E-state index contributed by atoms with van der Waals surface area (Å²) in [7, 11) is 0. The van der Waals surface area contributed by atoms with Crippen LogP contribution in [0, 0.1) is 12.8 Å². The van der Waals surface area contributed by atoms with E-state index in [0.29, 0.717) is 4.83 Å². The monoisotopic (exact) mass is 253 g/mol. The number of halogens is 1. The van der Waals surface area contributed by atoms with Gasteiger partial charge in [0.15, 0.2) is 0 Å². The second-order valence-electron chi connectivity index (χ2n) is 4.18. The van der Waals surface area contributed by atoms with Crippen molar-refractivity contribution < 1.29 is 0 Å². The van der Waals surface area contributed by atoms with Crippen LogP contribution in [-0.4, -0.2) is 9.81 Å². The van der Waals surface area contributed by atoms with Crippen LogP contribution in [-0.2, 0) is 6.42 Å². The first kappa shape index (κ1) is 10.2. The first-order chi connectivity index (χ1) is 6.77. The molecule has 1 aromatic heterocycles. The fraction of sp³-hybridized carbons (Fsp3) is 0.583. The summed E-state index contributed by atoms with van der Waals surface area (Å²) in [5, 5.41) is 0. The van der Waals surface area contributed by atoms with Crippen molar-refractivity contribution in [2.75, 3.05) is 0 Å². The molecule has 0 aliphatic heterocycles. The topological polar surface area (TPSA) is 12.9 Å². The number of pyridine rings is 1. The molecule has 76 valence electrons. The average Bonchev–Trinajstić information content (AvgIpc) is 2.05. The number of aryl methyl sites for hydroxylation is 1. The van der Waals surface area contributed by atoms with E-state index < -0.39 is 0 Å². The van der Waals surface area contributed by atoms with Gasteiger partial charge in [-0.15, -0.1) is 0 Å². The van der Waals surface area contributed by atoms with E-state index in [9.17, 15) is 0 Å². The van der Waals surface area contributed by atoms with E-state index in [-0.39, 0.29) is 0 Å². The highest BCUT2D eigenvalue weighted by molar-refractivity contribution is 9.09. The third-order valence-corrected chi connectivity index (χ3v) is 4.24. The van der Waals surface area contributed by atoms with Crippen molar-refractivity contribution in [2.45, 2.75) is 37.4 Å². The Bertz CT molecular complexity index is 307. The summed E-state index contributed by atoms with van der Waals surface area (Å²) in [6, 6.07) is 4.15. The van der Waals surface area contributed by atoms with Crippen LogP contribution < -0.4 is 0 Å². The largest absolute Gasteiger partial charge is 0.261 e. The number of aromatic nitrogens is 1. The van der Waals surface area contributed by atoms with Gasteiger partial charge >= 0.3 is 0 Å². The number of nitrogens with zero attached hydrogens (tertiary/aromatic N) is 1. The molecule has 1 aliphatic carbocycles. The molecule has 1 saturated carbocycles.